The van der Waals surface area contributed by atoms with Crippen molar-refractivity contribution in [1.82, 2.24) is 14.4 Å². The van der Waals surface area contributed by atoms with Crippen LogP contribution in [0, 0.1) is 0 Å². The van der Waals surface area contributed by atoms with E-state index >= 15 is 0 Å². The number of carbonyl (C=O) groups is 1. The lowest BCUT2D eigenvalue weighted by Gasteiger charge is -2.27. The molecule has 2 aromatic heterocycles. The van der Waals surface area contributed by atoms with Gasteiger partial charge in [0.2, 0.25) is 0 Å². The minimum absolute atomic E-state index is 0.0971. The molecule has 0 unspecified atom stereocenters. The van der Waals surface area contributed by atoms with Crippen molar-refractivity contribution in [3.05, 3.63) is 59.1 Å². The number of aromatic nitrogens is 1. The lowest BCUT2D eigenvalue weighted by atomic mass is 10.1. The highest BCUT2D eigenvalue weighted by Gasteiger charge is 2.25. The highest BCUT2D eigenvalue weighted by atomic mass is 32.1. The molecule has 0 N–H and O–H groups in total. The van der Waals surface area contributed by atoms with Gasteiger partial charge in [0.15, 0.2) is 0 Å². The summed E-state index contributed by atoms with van der Waals surface area (Å²) in [5, 5.41) is 3.25. The van der Waals surface area contributed by atoms with E-state index in [-0.39, 0.29) is 12.0 Å². The second-order valence-electron chi connectivity index (χ2n) is 8.33. The van der Waals surface area contributed by atoms with Crippen molar-refractivity contribution in [3.63, 3.8) is 0 Å². The van der Waals surface area contributed by atoms with E-state index in [1.807, 2.05) is 37.2 Å². The summed E-state index contributed by atoms with van der Waals surface area (Å²) < 4.78 is 8.20. The van der Waals surface area contributed by atoms with Gasteiger partial charge in [0.25, 0.3) is 5.91 Å². The molecule has 3 aromatic rings. The van der Waals surface area contributed by atoms with Crippen molar-refractivity contribution in [2.45, 2.75) is 38.5 Å². The van der Waals surface area contributed by atoms with E-state index in [4.69, 9.17) is 4.74 Å². The number of carbonyl (C=O) groups excluding carboxylic acids is 1. The van der Waals surface area contributed by atoms with Crippen LogP contribution < -0.4 is 0 Å². The Balaban J connectivity index is 1.62. The van der Waals surface area contributed by atoms with Crippen molar-refractivity contribution in [3.8, 4) is 0 Å². The molecule has 5 nitrogen and oxygen atoms in total. The van der Waals surface area contributed by atoms with Gasteiger partial charge in [-0.2, -0.15) is 0 Å². The standard InChI is InChI=1S/C24H31N3O2S/c1-25(2)12-13-26(17-19-8-4-3-5-9-19)23(28)22-16-20-11-15-30-24(20)27(22)18-21-10-6-7-14-29-21/h3-5,8-9,11,15-16,21H,6-7,10,12-14,17-18H2,1-2H3/t21-/m1/s1. The molecule has 1 aromatic carbocycles. The average molecular weight is 426 g/mol. The van der Waals surface area contributed by atoms with Crippen molar-refractivity contribution < 1.29 is 9.53 Å². The van der Waals surface area contributed by atoms with Crippen molar-refractivity contribution >= 4 is 27.5 Å². The van der Waals surface area contributed by atoms with E-state index in [1.54, 1.807) is 11.3 Å². The van der Waals surface area contributed by atoms with E-state index < -0.39 is 0 Å². The third-order valence-electron chi connectivity index (χ3n) is 5.70. The van der Waals surface area contributed by atoms with Crippen LogP contribution in [0.2, 0.25) is 0 Å². The fourth-order valence-corrected chi connectivity index (χ4v) is 4.93. The summed E-state index contributed by atoms with van der Waals surface area (Å²) in [6, 6.07) is 14.4. The molecule has 1 saturated heterocycles. The van der Waals surface area contributed by atoms with Crippen LogP contribution in [0.15, 0.2) is 47.8 Å². The smallest absolute Gasteiger partial charge is 0.270 e. The quantitative estimate of drug-likeness (QED) is 0.534. The van der Waals surface area contributed by atoms with E-state index in [0.717, 1.165) is 49.2 Å². The Kier molecular flexibility index (Phi) is 6.87. The molecule has 1 aliphatic heterocycles. The first-order chi connectivity index (χ1) is 14.6. The molecule has 1 fully saturated rings. The molecule has 1 aliphatic rings. The van der Waals surface area contributed by atoms with Crippen molar-refractivity contribution in [2.75, 3.05) is 33.8 Å². The third kappa shape index (κ3) is 4.94. The van der Waals surface area contributed by atoms with Crippen LogP contribution in [0.5, 0.6) is 0 Å². The maximum Gasteiger partial charge on any atom is 0.270 e. The third-order valence-corrected chi connectivity index (χ3v) is 6.65. The first kappa shape index (κ1) is 21.1. The fourth-order valence-electron chi connectivity index (χ4n) is 4.03. The lowest BCUT2D eigenvalue weighted by molar-refractivity contribution is 0.00625. The number of thiophene rings is 1. The number of benzene rings is 1. The summed E-state index contributed by atoms with van der Waals surface area (Å²) in [6.07, 6.45) is 3.59. The van der Waals surface area contributed by atoms with Gasteiger partial charge in [-0.25, -0.2) is 0 Å². The van der Waals surface area contributed by atoms with Gasteiger partial charge in [0.1, 0.15) is 10.5 Å². The Bertz CT molecular complexity index is 957. The summed E-state index contributed by atoms with van der Waals surface area (Å²) in [6.45, 7) is 3.72. The topological polar surface area (TPSA) is 37.7 Å². The van der Waals surface area contributed by atoms with Crippen molar-refractivity contribution in [1.29, 1.82) is 0 Å². The predicted molar refractivity (Wildman–Crippen MR) is 123 cm³/mol. The van der Waals surface area contributed by atoms with Gasteiger partial charge in [0.05, 0.1) is 12.6 Å². The highest BCUT2D eigenvalue weighted by Crippen LogP contribution is 2.28. The molecular weight excluding hydrogens is 394 g/mol. The first-order valence-corrected chi connectivity index (χ1v) is 11.7. The van der Waals surface area contributed by atoms with Gasteiger partial charge >= 0.3 is 0 Å². The van der Waals surface area contributed by atoms with Crippen LogP contribution in [-0.2, 0) is 17.8 Å². The first-order valence-electron chi connectivity index (χ1n) is 10.8. The molecule has 0 radical (unpaired) electrons. The zero-order valence-corrected chi connectivity index (χ0v) is 18.7. The van der Waals surface area contributed by atoms with Crippen LogP contribution in [0.1, 0.15) is 35.3 Å². The molecular formula is C24H31N3O2S. The molecule has 3 heterocycles. The predicted octanol–water partition coefficient (Wildman–Crippen LogP) is 4.48. The van der Waals surface area contributed by atoms with Gasteiger partial charge in [-0.3, -0.25) is 4.79 Å². The molecule has 0 aliphatic carbocycles. The van der Waals surface area contributed by atoms with Crippen molar-refractivity contribution in [2.24, 2.45) is 0 Å². The Labute approximate surface area is 182 Å². The molecule has 1 amide bonds. The van der Waals surface area contributed by atoms with Gasteiger partial charge in [-0.15, -0.1) is 11.3 Å². The Morgan fingerprint density at radius 1 is 1.17 bits per heavy atom. The van der Waals surface area contributed by atoms with Gasteiger partial charge < -0.3 is 19.1 Å². The summed E-state index contributed by atoms with van der Waals surface area (Å²) in [7, 11) is 4.09. The van der Waals surface area contributed by atoms with Crippen LogP contribution in [0.4, 0.5) is 0 Å². The second-order valence-corrected chi connectivity index (χ2v) is 9.22. The number of hydrogen-bond acceptors (Lipinski definition) is 4. The largest absolute Gasteiger partial charge is 0.376 e. The van der Waals surface area contributed by atoms with Gasteiger partial charge in [-0.1, -0.05) is 30.3 Å². The van der Waals surface area contributed by atoms with Crippen LogP contribution in [0.3, 0.4) is 0 Å². The number of nitrogens with zero attached hydrogens (tertiary/aromatic N) is 3. The number of rotatable bonds is 8. The Morgan fingerprint density at radius 3 is 2.73 bits per heavy atom. The SMILES string of the molecule is CN(C)CCN(Cc1ccccc1)C(=O)c1cc2ccsc2n1C[C@H]1CCCCO1. The summed E-state index contributed by atoms with van der Waals surface area (Å²) in [5.41, 5.74) is 1.93. The highest BCUT2D eigenvalue weighted by molar-refractivity contribution is 7.16. The zero-order valence-electron chi connectivity index (χ0n) is 17.9. The summed E-state index contributed by atoms with van der Waals surface area (Å²) in [5.74, 6) is 0.0971. The van der Waals surface area contributed by atoms with Crippen LogP contribution >= 0.6 is 11.3 Å². The van der Waals surface area contributed by atoms with Crippen LogP contribution in [-0.4, -0.2) is 60.2 Å². The maximum absolute atomic E-state index is 13.7. The maximum atomic E-state index is 13.7. The van der Waals surface area contributed by atoms with Gasteiger partial charge in [0, 0.05) is 31.6 Å². The molecule has 0 saturated carbocycles. The normalized spacial score (nSPS) is 17.0. The second kappa shape index (κ2) is 9.77. The van der Waals surface area contributed by atoms with E-state index in [9.17, 15) is 4.79 Å². The molecule has 1 atom stereocenters. The molecule has 0 spiro atoms. The van der Waals surface area contributed by atoms with E-state index in [1.165, 1.54) is 11.3 Å². The average Bonchev–Trinajstić information content (AvgIpc) is 3.35. The van der Waals surface area contributed by atoms with Crippen LogP contribution in [0.25, 0.3) is 10.2 Å². The zero-order chi connectivity index (χ0) is 20.9. The Morgan fingerprint density at radius 2 is 2.00 bits per heavy atom. The Hall–Kier alpha value is -2.15. The number of amides is 1. The lowest BCUT2D eigenvalue weighted by Crippen LogP contribution is -2.37. The molecule has 30 heavy (non-hydrogen) atoms. The molecule has 160 valence electrons. The molecule has 4 rings (SSSR count). The monoisotopic (exact) mass is 425 g/mol. The van der Waals surface area contributed by atoms with E-state index in [0.29, 0.717) is 13.1 Å². The number of ether oxygens (including phenoxy) is 1. The number of likely N-dealkylation sites (N-methyl/N-ethyl adjacent to an activating group) is 1. The molecule has 6 heteroatoms. The van der Waals surface area contributed by atoms with E-state index in [2.05, 4.69) is 39.1 Å². The minimum Gasteiger partial charge on any atom is -0.376 e. The molecule has 0 bridgehead atoms. The summed E-state index contributed by atoms with van der Waals surface area (Å²) in [4.78, 5) is 19.0. The van der Waals surface area contributed by atoms with Gasteiger partial charge in [-0.05, 0) is 56.4 Å². The fraction of sp³-hybridized carbons (Fsp3) is 0.458. The minimum atomic E-state index is 0.0971. The number of hydrogen-bond donors (Lipinski definition) is 0. The summed E-state index contributed by atoms with van der Waals surface area (Å²) >= 11 is 1.70. The number of fused-ring (bicyclic) bond motifs is 1.